The third-order valence-electron chi connectivity index (χ3n) is 3.23. The summed E-state index contributed by atoms with van der Waals surface area (Å²) in [4.78, 5) is 8.71. The Labute approximate surface area is 129 Å². The molecule has 0 aliphatic rings. The second-order valence-electron chi connectivity index (χ2n) is 4.94. The third kappa shape index (κ3) is 3.83. The fraction of sp³-hybridized carbons (Fsp3) is 0.333. The Morgan fingerprint density at radius 1 is 1.43 bits per heavy atom. The first-order valence-electron chi connectivity index (χ1n) is 6.83. The predicted molar refractivity (Wildman–Crippen MR) is 85.6 cm³/mol. The van der Waals surface area contributed by atoms with Crippen LogP contribution in [0.3, 0.4) is 0 Å². The van der Waals surface area contributed by atoms with Crippen LogP contribution in [0, 0.1) is 6.92 Å². The second-order valence-corrected chi connectivity index (χ2v) is 5.37. The first-order valence-corrected chi connectivity index (χ1v) is 7.21. The summed E-state index contributed by atoms with van der Waals surface area (Å²) < 4.78 is 0. The molecule has 1 aromatic heterocycles. The minimum atomic E-state index is 0.0717. The monoisotopic (exact) mass is 306 g/mol. The lowest BCUT2D eigenvalue weighted by molar-refractivity contribution is 0.477. The highest BCUT2D eigenvalue weighted by Gasteiger charge is 2.11. The zero-order valence-electron chi connectivity index (χ0n) is 12.1. The number of aromatic nitrogens is 2. The number of aromatic hydroxyl groups is 1. The zero-order chi connectivity index (χ0) is 15.4. The van der Waals surface area contributed by atoms with Gasteiger partial charge >= 0.3 is 0 Å². The Hall–Kier alpha value is -1.85. The van der Waals surface area contributed by atoms with Gasteiger partial charge in [0.05, 0.1) is 5.56 Å². The molecular formula is C15H19ClN4O. The molecule has 0 amide bonds. The van der Waals surface area contributed by atoms with Crippen molar-refractivity contribution < 1.29 is 5.11 Å². The van der Waals surface area contributed by atoms with Crippen molar-refractivity contribution >= 4 is 17.4 Å². The number of nitrogens with two attached hydrogens (primary N) is 1. The summed E-state index contributed by atoms with van der Waals surface area (Å²) in [5.41, 5.74) is 7.33. The molecule has 0 saturated carbocycles. The lowest BCUT2D eigenvalue weighted by Gasteiger charge is -2.13. The molecule has 0 aliphatic carbocycles. The highest BCUT2D eigenvalue weighted by Crippen LogP contribution is 2.30. The quantitative estimate of drug-likeness (QED) is 0.791. The van der Waals surface area contributed by atoms with Gasteiger partial charge in [-0.15, -0.1) is 0 Å². The fourth-order valence-electron chi connectivity index (χ4n) is 1.81. The molecule has 0 bridgehead atoms. The minimum Gasteiger partial charge on any atom is -0.507 e. The van der Waals surface area contributed by atoms with Gasteiger partial charge in [-0.2, -0.15) is 0 Å². The van der Waals surface area contributed by atoms with E-state index in [1.54, 1.807) is 18.3 Å². The van der Waals surface area contributed by atoms with Gasteiger partial charge in [0.15, 0.2) is 5.82 Å². The van der Waals surface area contributed by atoms with Crippen molar-refractivity contribution in [2.24, 2.45) is 5.73 Å². The van der Waals surface area contributed by atoms with Gasteiger partial charge in [-0.05, 0) is 31.5 Å². The number of hydrogen-bond acceptors (Lipinski definition) is 5. The van der Waals surface area contributed by atoms with E-state index in [0.29, 0.717) is 28.8 Å². The first kappa shape index (κ1) is 15.5. The molecule has 21 heavy (non-hydrogen) atoms. The second kappa shape index (κ2) is 6.74. The van der Waals surface area contributed by atoms with Gasteiger partial charge in [0.2, 0.25) is 0 Å². The van der Waals surface area contributed by atoms with Crippen molar-refractivity contribution in [3.8, 4) is 17.1 Å². The van der Waals surface area contributed by atoms with Crippen molar-refractivity contribution in [3.05, 3.63) is 35.0 Å². The fourth-order valence-corrected chi connectivity index (χ4v) is 1.98. The summed E-state index contributed by atoms with van der Waals surface area (Å²) in [6.07, 6.45) is 2.60. The Morgan fingerprint density at radius 2 is 2.19 bits per heavy atom. The van der Waals surface area contributed by atoms with E-state index in [9.17, 15) is 5.11 Å². The van der Waals surface area contributed by atoms with Gasteiger partial charge in [0.1, 0.15) is 11.6 Å². The van der Waals surface area contributed by atoms with Crippen LogP contribution >= 0.6 is 11.6 Å². The molecule has 1 aromatic carbocycles. The average Bonchev–Trinajstić information content (AvgIpc) is 2.48. The van der Waals surface area contributed by atoms with Crippen LogP contribution in [-0.4, -0.2) is 27.7 Å². The van der Waals surface area contributed by atoms with Gasteiger partial charge in [0.25, 0.3) is 0 Å². The lowest BCUT2D eigenvalue weighted by atomic mass is 10.2. The van der Waals surface area contributed by atoms with Crippen molar-refractivity contribution in [2.45, 2.75) is 26.3 Å². The van der Waals surface area contributed by atoms with Gasteiger partial charge < -0.3 is 16.2 Å². The molecule has 6 heteroatoms. The standard InChI is InChI=1S/C15H19ClN4O/c1-3-11(17)8-19-14-9(2)7-18-15(20-14)12-6-10(16)4-5-13(12)21/h4-7,11,21H,3,8,17H2,1-2H3,(H,18,19,20)/t11-/m1/s1. The normalized spacial score (nSPS) is 12.2. The van der Waals surface area contributed by atoms with Crippen LogP contribution in [0.1, 0.15) is 18.9 Å². The number of aryl methyl sites for hydroxylation is 1. The van der Waals surface area contributed by atoms with E-state index < -0.39 is 0 Å². The number of phenolic OH excluding ortho intramolecular Hbond substituents is 1. The Kier molecular flexibility index (Phi) is 4.98. The zero-order valence-corrected chi connectivity index (χ0v) is 12.9. The average molecular weight is 307 g/mol. The van der Waals surface area contributed by atoms with E-state index in [2.05, 4.69) is 15.3 Å². The van der Waals surface area contributed by atoms with Crippen LogP contribution in [-0.2, 0) is 0 Å². The third-order valence-corrected chi connectivity index (χ3v) is 3.46. The number of nitrogens with one attached hydrogen (secondary N) is 1. The summed E-state index contributed by atoms with van der Waals surface area (Å²) >= 11 is 5.96. The number of anilines is 1. The van der Waals surface area contributed by atoms with Crippen LogP contribution in [0.25, 0.3) is 11.4 Å². The highest BCUT2D eigenvalue weighted by atomic mass is 35.5. The van der Waals surface area contributed by atoms with Crippen LogP contribution < -0.4 is 11.1 Å². The predicted octanol–water partition coefficient (Wildman–Crippen LogP) is 2.96. The molecular weight excluding hydrogens is 288 g/mol. The molecule has 1 atom stereocenters. The smallest absolute Gasteiger partial charge is 0.165 e. The summed E-state index contributed by atoms with van der Waals surface area (Å²) in [5, 5.41) is 13.7. The molecule has 112 valence electrons. The lowest BCUT2D eigenvalue weighted by Crippen LogP contribution is -2.28. The van der Waals surface area contributed by atoms with Crippen LogP contribution in [0.5, 0.6) is 5.75 Å². The molecule has 0 spiro atoms. The molecule has 1 heterocycles. The maximum Gasteiger partial charge on any atom is 0.165 e. The highest BCUT2D eigenvalue weighted by molar-refractivity contribution is 6.30. The Bertz CT molecular complexity index is 633. The number of benzene rings is 1. The largest absolute Gasteiger partial charge is 0.507 e. The maximum atomic E-state index is 9.93. The van der Waals surface area contributed by atoms with Crippen molar-refractivity contribution in [1.82, 2.24) is 9.97 Å². The van der Waals surface area contributed by atoms with Gasteiger partial charge in [-0.3, -0.25) is 0 Å². The van der Waals surface area contributed by atoms with Crippen molar-refractivity contribution in [3.63, 3.8) is 0 Å². The van der Waals surface area contributed by atoms with Crippen LogP contribution in [0.15, 0.2) is 24.4 Å². The molecule has 2 aromatic rings. The van der Waals surface area contributed by atoms with Crippen LogP contribution in [0.4, 0.5) is 5.82 Å². The summed E-state index contributed by atoms with van der Waals surface area (Å²) in [5.74, 6) is 1.23. The summed E-state index contributed by atoms with van der Waals surface area (Å²) in [6, 6.07) is 4.86. The number of phenols is 1. The van der Waals surface area contributed by atoms with Crippen LogP contribution in [0.2, 0.25) is 5.02 Å². The number of rotatable bonds is 5. The first-order chi connectivity index (χ1) is 10.0. The molecule has 0 fully saturated rings. The molecule has 0 radical (unpaired) electrons. The maximum absolute atomic E-state index is 9.93. The van der Waals surface area contributed by atoms with E-state index in [-0.39, 0.29) is 11.8 Å². The van der Waals surface area contributed by atoms with E-state index in [0.717, 1.165) is 12.0 Å². The van der Waals surface area contributed by atoms with Crippen molar-refractivity contribution in [2.75, 3.05) is 11.9 Å². The molecule has 0 saturated heterocycles. The Balaban J connectivity index is 2.31. The van der Waals surface area contributed by atoms with E-state index in [4.69, 9.17) is 17.3 Å². The molecule has 5 nitrogen and oxygen atoms in total. The molecule has 2 rings (SSSR count). The summed E-state index contributed by atoms with van der Waals surface area (Å²) in [6.45, 7) is 4.59. The number of halogens is 1. The summed E-state index contributed by atoms with van der Waals surface area (Å²) in [7, 11) is 0. The molecule has 0 unspecified atom stereocenters. The number of hydrogen-bond donors (Lipinski definition) is 3. The number of nitrogens with zero attached hydrogens (tertiary/aromatic N) is 2. The SMILES string of the molecule is CC[C@@H](N)CNc1nc(-c2cc(Cl)ccc2O)ncc1C. The van der Waals surface area contributed by atoms with Crippen molar-refractivity contribution in [1.29, 1.82) is 0 Å². The Morgan fingerprint density at radius 3 is 2.90 bits per heavy atom. The van der Waals surface area contributed by atoms with E-state index in [1.165, 1.54) is 6.07 Å². The van der Waals surface area contributed by atoms with E-state index >= 15 is 0 Å². The molecule has 0 aliphatic heterocycles. The van der Waals surface area contributed by atoms with E-state index in [1.807, 2.05) is 13.8 Å². The molecule has 4 N–H and O–H groups in total. The van der Waals surface area contributed by atoms with Gasteiger partial charge in [-0.25, -0.2) is 9.97 Å². The van der Waals surface area contributed by atoms with Gasteiger partial charge in [-0.1, -0.05) is 18.5 Å². The van der Waals surface area contributed by atoms with Gasteiger partial charge in [0, 0.05) is 29.4 Å². The minimum absolute atomic E-state index is 0.0717. The topological polar surface area (TPSA) is 84.1 Å².